The van der Waals surface area contributed by atoms with Crippen molar-refractivity contribution in [1.82, 2.24) is 10.6 Å². The predicted octanol–water partition coefficient (Wildman–Crippen LogP) is 3.84. The van der Waals surface area contributed by atoms with Gasteiger partial charge in [-0.1, -0.05) is 43.2 Å². The second kappa shape index (κ2) is 8.05. The van der Waals surface area contributed by atoms with Crippen LogP contribution < -0.4 is 10.6 Å². The van der Waals surface area contributed by atoms with Gasteiger partial charge < -0.3 is 15.4 Å². The van der Waals surface area contributed by atoms with Crippen molar-refractivity contribution < 1.29 is 4.74 Å². The first-order chi connectivity index (χ1) is 12.1. The van der Waals surface area contributed by atoms with Crippen molar-refractivity contribution in [1.29, 1.82) is 0 Å². The van der Waals surface area contributed by atoms with Crippen LogP contribution in [0, 0.1) is 18.3 Å². The van der Waals surface area contributed by atoms with Crippen molar-refractivity contribution in [2.24, 2.45) is 16.3 Å². The second-order valence-corrected chi connectivity index (χ2v) is 8.22. The average molecular weight is 469 g/mol. The Labute approximate surface area is 174 Å². The Bertz CT molecular complexity index is 658. The monoisotopic (exact) mass is 469 g/mol. The quantitative estimate of drug-likeness (QED) is 0.400. The number of halogens is 1. The number of fused-ring (bicyclic) bond motifs is 2. The second-order valence-electron chi connectivity index (χ2n) is 8.22. The van der Waals surface area contributed by atoms with Crippen LogP contribution in [0.3, 0.4) is 0 Å². The first kappa shape index (κ1) is 19.9. The highest BCUT2D eigenvalue weighted by Gasteiger charge is 2.66. The lowest BCUT2D eigenvalue weighted by Crippen LogP contribution is -2.72. The van der Waals surface area contributed by atoms with E-state index in [1.54, 1.807) is 0 Å². The maximum absolute atomic E-state index is 6.02. The summed E-state index contributed by atoms with van der Waals surface area (Å²) in [5.74, 6) is 2.08. The van der Waals surface area contributed by atoms with Crippen LogP contribution >= 0.6 is 24.0 Å². The number of aryl methyl sites for hydroxylation is 1. The zero-order valence-electron chi connectivity index (χ0n) is 16.1. The maximum atomic E-state index is 6.02. The topological polar surface area (TPSA) is 45.7 Å². The third kappa shape index (κ3) is 3.37. The molecule has 1 aromatic carbocycles. The van der Waals surface area contributed by atoms with E-state index in [9.17, 15) is 0 Å². The van der Waals surface area contributed by atoms with Gasteiger partial charge in [-0.3, -0.25) is 4.99 Å². The Morgan fingerprint density at radius 3 is 2.85 bits per heavy atom. The van der Waals surface area contributed by atoms with Gasteiger partial charge in [0.25, 0.3) is 0 Å². The van der Waals surface area contributed by atoms with E-state index >= 15 is 0 Å². The van der Waals surface area contributed by atoms with E-state index in [1.807, 2.05) is 7.05 Å². The molecule has 3 aliphatic rings. The number of ether oxygens (including phenoxy) is 1. The third-order valence-corrected chi connectivity index (χ3v) is 6.74. The third-order valence-electron chi connectivity index (χ3n) is 6.74. The molecule has 26 heavy (non-hydrogen) atoms. The standard InChI is InChI=1S/C21H31N3O.HI/c1-14-6-4-7-16(12-14)15(2)13-23-20(22-3)24-18-17-8-11-25-19(17)21(18)9-5-10-21;/h4,6-7,12,15,17-19H,5,8-11,13H2,1-3H3,(H2,22,23,24);1H. The number of rotatable bonds is 4. The first-order valence-electron chi connectivity index (χ1n) is 9.79. The maximum Gasteiger partial charge on any atom is 0.191 e. The molecule has 0 bridgehead atoms. The van der Waals surface area contributed by atoms with Crippen LogP contribution in [0.4, 0.5) is 0 Å². The van der Waals surface area contributed by atoms with Gasteiger partial charge in [-0.25, -0.2) is 0 Å². The number of hydrogen-bond acceptors (Lipinski definition) is 2. The number of benzene rings is 1. The molecule has 1 heterocycles. The van der Waals surface area contributed by atoms with E-state index in [0.717, 1.165) is 19.1 Å². The number of aliphatic imine (C=N–C) groups is 1. The number of guanidine groups is 1. The van der Waals surface area contributed by atoms with Gasteiger partial charge in [0.2, 0.25) is 0 Å². The van der Waals surface area contributed by atoms with E-state index in [4.69, 9.17) is 4.74 Å². The summed E-state index contributed by atoms with van der Waals surface area (Å²) < 4.78 is 6.02. The molecule has 4 rings (SSSR count). The fourth-order valence-corrected chi connectivity index (χ4v) is 5.14. The summed E-state index contributed by atoms with van der Waals surface area (Å²) in [6, 6.07) is 9.32. The Kier molecular flexibility index (Phi) is 6.17. The Morgan fingerprint density at radius 1 is 1.38 bits per heavy atom. The molecule has 4 nitrogen and oxygen atoms in total. The van der Waals surface area contributed by atoms with Crippen molar-refractivity contribution in [2.45, 2.75) is 57.6 Å². The molecule has 2 saturated carbocycles. The molecule has 0 aromatic heterocycles. The smallest absolute Gasteiger partial charge is 0.191 e. The summed E-state index contributed by atoms with van der Waals surface area (Å²) >= 11 is 0. The largest absolute Gasteiger partial charge is 0.377 e. The summed E-state index contributed by atoms with van der Waals surface area (Å²) in [7, 11) is 1.88. The zero-order valence-corrected chi connectivity index (χ0v) is 18.5. The molecule has 2 N–H and O–H groups in total. The van der Waals surface area contributed by atoms with Crippen molar-refractivity contribution in [2.75, 3.05) is 20.2 Å². The first-order valence-corrected chi connectivity index (χ1v) is 9.79. The summed E-state index contributed by atoms with van der Waals surface area (Å²) in [5.41, 5.74) is 3.09. The van der Waals surface area contributed by atoms with Crippen LogP contribution in [0.5, 0.6) is 0 Å². The van der Waals surface area contributed by atoms with Gasteiger partial charge in [0.05, 0.1) is 6.10 Å². The molecule has 144 valence electrons. The van der Waals surface area contributed by atoms with Gasteiger partial charge in [-0.15, -0.1) is 24.0 Å². The molecule has 1 saturated heterocycles. The van der Waals surface area contributed by atoms with Gasteiger partial charge in [0.15, 0.2) is 5.96 Å². The van der Waals surface area contributed by atoms with E-state index in [0.29, 0.717) is 29.4 Å². The van der Waals surface area contributed by atoms with Crippen LogP contribution in [0.2, 0.25) is 0 Å². The Hall–Kier alpha value is -0.820. The molecule has 5 heteroatoms. The molecule has 1 spiro atoms. The molecule has 1 aromatic rings. The number of hydrogen-bond donors (Lipinski definition) is 2. The highest BCUT2D eigenvalue weighted by molar-refractivity contribution is 14.0. The van der Waals surface area contributed by atoms with Gasteiger partial charge in [0.1, 0.15) is 0 Å². The molecular formula is C21H32IN3O. The molecule has 4 unspecified atom stereocenters. The minimum atomic E-state index is 0. The van der Waals surface area contributed by atoms with Crippen molar-refractivity contribution >= 4 is 29.9 Å². The summed E-state index contributed by atoms with van der Waals surface area (Å²) in [6.07, 6.45) is 5.66. The summed E-state index contributed by atoms with van der Waals surface area (Å²) in [5, 5.41) is 7.29. The van der Waals surface area contributed by atoms with Crippen LogP contribution in [0.1, 0.15) is 49.7 Å². The van der Waals surface area contributed by atoms with Gasteiger partial charge >= 0.3 is 0 Å². The molecule has 3 fully saturated rings. The fourth-order valence-electron chi connectivity index (χ4n) is 5.14. The molecule has 2 aliphatic carbocycles. The van der Waals surface area contributed by atoms with Crippen LogP contribution in [0.25, 0.3) is 0 Å². The van der Waals surface area contributed by atoms with E-state index in [1.165, 1.54) is 36.8 Å². The Morgan fingerprint density at radius 2 is 2.19 bits per heavy atom. The van der Waals surface area contributed by atoms with E-state index < -0.39 is 0 Å². The SMILES string of the molecule is CN=C(NCC(C)c1cccc(C)c1)NC1C2CCOC2C12CCC2.I. The van der Waals surface area contributed by atoms with Crippen molar-refractivity contribution in [3.8, 4) is 0 Å². The number of nitrogens with zero attached hydrogens (tertiary/aromatic N) is 1. The lowest BCUT2D eigenvalue weighted by atomic mass is 9.46. The van der Waals surface area contributed by atoms with Crippen LogP contribution in [-0.4, -0.2) is 38.3 Å². The zero-order chi connectivity index (χ0) is 17.4. The summed E-state index contributed by atoms with van der Waals surface area (Å²) in [6.45, 7) is 6.25. The molecule has 0 radical (unpaired) electrons. The van der Waals surface area contributed by atoms with Gasteiger partial charge in [-0.2, -0.15) is 0 Å². The lowest BCUT2D eigenvalue weighted by Gasteiger charge is -2.63. The molecular weight excluding hydrogens is 437 g/mol. The van der Waals surface area contributed by atoms with Crippen molar-refractivity contribution in [3.63, 3.8) is 0 Å². The van der Waals surface area contributed by atoms with Crippen LogP contribution in [-0.2, 0) is 4.74 Å². The molecule has 0 amide bonds. The Balaban J connectivity index is 0.00000196. The van der Waals surface area contributed by atoms with E-state index in [-0.39, 0.29) is 24.0 Å². The minimum absolute atomic E-state index is 0. The highest BCUT2D eigenvalue weighted by atomic mass is 127. The van der Waals surface area contributed by atoms with Gasteiger partial charge in [-0.05, 0) is 37.7 Å². The molecule has 4 atom stereocenters. The molecule has 1 aliphatic heterocycles. The van der Waals surface area contributed by atoms with Crippen LogP contribution in [0.15, 0.2) is 29.3 Å². The fraction of sp³-hybridized carbons (Fsp3) is 0.667. The highest BCUT2D eigenvalue weighted by Crippen LogP contribution is 2.62. The lowest BCUT2D eigenvalue weighted by molar-refractivity contribution is -0.171. The summed E-state index contributed by atoms with van der Waals surface area (Å²) in [4.78, 5) is 4.48. The van der Waals surface area contributed by atoms with E-state index in [2.05, 4.69) is 53.7 Å². The van der Waals surface area contributed by atoms with Crippen molar-refractivity contribution in [3.05, 3.63) is 35.4 Å². The normalized spacial score (nSPS) is 29.8. The average Bonchev–Trinajstić information content (AvgIpc) is 2.98. The number of nitrogens with one attached hydrogen (secondary N) is 2. The predicted molar refractivity (Wildman–Crippen MR) is 117 cm³/mol. The van der Waals surface area contributed by atoms with Gasteiger partial charge in [0, 0.05) is 37.6 Å². The minimum Gasteiger partial charge on any atom is -0.377 e.